The van der Waals surface area contributed by atoms with Crippen molar-refractivity contribution in [1.29, 1.82) is 0 Å². The van der Waals surface area contributed by atoms with Crippen LogP contribution in [-0.2, 0) is 6.54 Å². The summed E-state index contributed by atoms with van der Waals surface area (Å²) >= 11 is 0. The van der Waals surface area contributed by atoms with E-state index in [1.54, 1.807) is 6.20 Å². The number of ether oxygens (including phenoxy) is 1. The fourth-order valence-electron chi connectivity index (χ4n) is 1.22. The maximum Gasteiger partial charge on any atom is 0.122 e. The number of hydrogen-bond acceptors (Lipinski definition) is 3. The van der Waals surface area contributed by atoms with Gasteiger partial charge < -0.3 is 10.1 Å². The van der Waals surface area contributed by atoms with Gasteiger partial charge in [0.15, 0.2) is 0 Å². The molecule has 0 spiro atoms. The first-order chi connectivity index (χ1) is 7.51. The summed E-state index contributed by atoms with van der Waals surface area (Å²) in [7, 11) is 0. The molecule has 0 fully saturated rings. The zero-order valence-corrected chi connectivity index (χ0v) is 10.7. The van der Waals surface area contributed by atoms with Gasteiger partial charge in [0.25, 0.3) is 0 Å². The van der Waals surface area contributed by atoms with E-state index in [2.05, 4.69) is 38.0 Å². The standard InChI is InChI=1S/C13H22N2O/c1-5-8-16-12-6-7-14-11(9-12)10-15-13(2,3)4/h6-7,9,15H,5,8,10H2,1-4H3. The first kappa shape index (κ1) is 13.0. The smallest absolute Gasteiger partial charge is 0.122 e. The van der Waals surface area contributed by atoms with Gasteiger partial charge in [-0.1, -0.05) is 6.92 Å². The van der Waals surface area contributed by atoms with Crippen LogP contribution in [-0.4, -0.2) is 17.1 Å². The summed E-state index contributed by atoms with van der Waals surface area (Å²) in [5, 5.41) is 3.40. The molecule has 0 saturated heterocycles. The van der Waals surface area contributed by atoms with Crippen LogP contribution < -0.4 is 10.1 Å². The minimum absolute atomic E-state index is 0.113. The van der Waals surface area contributed by atoms with Crippen LogP contribution in [0, 0.1) is 0 Å². The molecule has 3 nitrogen and oxygen atoms in total. The molecule has 0 aliphatic rings. The Hall–Kier alpha value is -1.09. The number of nitrogens with one attached hydrogen (secondary N) is 1. The molecule has 0 saturated carbocycles. The number of aromatic nitrogens is 1. The normalized spacial score (nSPS) is 11.5. The van der Waals surface area contributed by atoms with Crippen molar-refractivity contribution in [3.05, 3.63) is 24.0 Å². The first-order valence-corrected chi connectivity index (χ1v) is 5.84. The maximum atomic E-state index is 5.56. The van der Waals surface area contributed by atoms with Crippen molar-refractivity contribution >= 4 is 0 Å². The summed E-state index contributed by atoms with van der Waals surface area (Å²) in [5.41, 5.74) is 1.13. The predicted molar refractivity (Wildman–Crippen MR) is 66.6 cm³/mol. The molecule has 1 heterocycles. The van der Waals surface area contributed by atoms with Crippen LogP contribution in [0.5, 0.6) is 5.75 Å². The SMILES string of the molecule is CCCOc1ccnc(CNC(C)(C)C)c1. The van der Waals surface area contributed by atoms with Crippen molar-refractivity contribution < 1.29 is 4.74 Å². The molecule has 0 aliphatic carbocycles. The Morgan fingerprint density at radius 1 is 1.38 bits per heavy atom. The second-order valence-electron chi connectivity index (χ2n) is 4.93. The third-order valence-electron chi connectivity index (χ3n) is 2.06. The van der Waals surface area contributed by atoms with Crippen LogP contribution in [0.1, 0.15) is 39.8 Å². The van der Waals surface area contributed by atoms with Crippen molar-refractivity contribution in [3.63, 3.8) is 0 Å². The summed E-state index contributed by atoms with van der Waals surface area (Å²) < 4.78 is 5.56. The van der Waals surface area contributed by atoms with Gasteiger partial charge in [0.05, 0.1) is 12.3 Å². The summed E-state index contributed by atoms with van der Waals surface area (Å²) in [6.07, 6.45) is 2.82. The highest BCUT2D eigenvalue weighted by Crippen LogP contribution is 2.12. The van der Waals surface area contributed by atoms with E-state index in [1.807, 2.05) is 12.1 Å². The molecule has 90 valence electrons. The predicted octanol–water partition coefficient (Wildman–Crippen LogP) is 2.76. The van der Waals surface area contributed by atoms with Gasteiger partial charge in [-0.15, -0.1) is 0 Å². The quantitative estimate of drug-likeness (QED) is 0.831. The van der Waals surface area contributed by atoms with Crippen LogP contribution in [0.15, 0.2) is 18.3 Å². The lowest BCUT2D eigenvalue weighted by molar-refractivity contribution is 0.316. The van der Waals surface area contributed by atoms with Crippen LogP contribution in [0.4, 0.5) is 0 Å². The summed E-state index contributed by atoms with van der Waals surface area (Å²) in [5.74, 6) is 0.905. The molecule has 3 heteroatoms. The zero-order valence-electron chi connectivity index (χ0n) is 10.7. The van der Waals surface area contributed by atoms with Crippen LogP contribution in [0.25, 0.3) is 0 Å². The molecule has 1 N–H and O–H groups in total. The minimum Gasteiger partial charge on any atom is -0.493 e. The van der Waals surface area contributed by atoms with Gasteiger partial charge in [-0.2, -0.15) is 0 Å². The molecule has 1 rings (SSSR count). The average molecular weight is 222 g/mol. The highest BCUT2D eigenvalue weighted by Gasteiger charge is 2.08. The van der Waals surface area contributed by atoms with Gasteiger partial charge in [-0.05, 0) is 33.3 Å². The molecule has 0 radical (unpaired) electrons. The van der Waals surface area contributed by atoms with Gasteiger partial charge in [0.2, 0.25) is 0 Å². The van der Waals surface area contributed by atoms with E-state index in [4.69, 9.17) is 4.74 Å². The topological polar surface area (TPSA) is 34.1 Å². The van der Waals surface area contributed by atoms with Gasteiger partial charge in [0.1, 0.15) is 5.75 Å². The van der Waals surface area contributed by atoms with Crippen LogP contribution in [0.3, 0.4) is 0 Å². The molecule has 0 aromatic carbocycles. The Morgan fingerprint density at radius 3 is 2.75 bits per heavy atom. The van der Waals surface area contributed by atoms with E-state index < -0.39 is 0 Å². The van der Waals surface area contributed by atoms with Crippen molar-refractivity contribution in [3.8, 4) is 5.75 Å². The van der Waals surface area contributed by atoms with E-state index >= 15 is 0 Å². The van der Waals surface area contributed by atoms with Gasteiger partial charge in [-0.25, -0.2) is 0 Å². The molecular weight excluding hydrogens is 200 g/mol. The highest BCUT2D eigenvalue weighted by molar-refractivity contribution is 5.22. The van der Waals surface area contributed by atoms with E-state index in [0.717, 1.165) is 31.0 Å². The van der Waals surface area contributed by atoms with Crippen molar-refractivity contribution in [2.75, 3.05) is 6.61 Å². The Morgan fingerprint density at radius 2 is 2.12 bits per heavy atom. The monoisotopic (exact) mass is 222 g/mol. The second kappa shape index (κ2) is 5.85. The molecule has 0 amide bonds. The van der Waals surface area contributed by atoms with E-state index in [-0.39, 0.29) is 5.54 Å². The first-order valence-electron chi connectivity index (χ1n) is 5.84. The van der Waals surface area contributed by atoms with Crippen molar-refractivity contribution in [2.45, 2.75) is 46.2 Å². The second-order valence-corrected chi connectivity index (χ2v) is 4.93. The largest absolute Gasteiger partial charge is 0.493 e. The summed E-state index contributed by atoms with van der Waals surface area (Å²) in [6, 6.07) is 3.89. The minimum atomic E-state index is 0.113. The number of rotatable bonds is 5. The lowest BCUT2D eigenvalue weighted by atomic mass is 10.1. The van der Waals surface area contributed by atoms with Crippen LogP contribution >= 0.6 is 0 Å². The molecule has 1 aromatic heterocycles. The zero-order chi connectivity index (χ0) is 12.0. The van der Waals surface area contributed by atoms with E-state index in [0.29, 0.717) is 0 Å². The molecule has 0 bridgehead atoms. The van der Waals surface area contributed by atoms with E-state index in [9.17, 15) is 0 Å². The third kappa shape index (κ3) is 5.12. The lowest BCUT2D eigenvalue weighted by Crippen LogP contribution is -2.35. The Bertz CT molecular complexity index is 318. The molecular formula is C13H22N2O. The lowest BCUT2D eigenvalue weighted by Gasteiger charge is -2.20. The summed E-state index contributed by atoms with van der Waals surface area (Å²) in [6.45, 7) is 10.1. The number of hydrogen-bond donors (Lipinski definition) is 1. The van der Waals surface area contributed by atoms with Crippen LogP contribution in [0.2, 0.25) is 0 Å². The maximum absolute atomic E-state index is 5.56. The van der Waals surface area contributed by atoms with Crippen molar-refractivity contribution in [1.82, 2.24) is 10.3 Å². The van der Waals surface area contributed by atoms with Crippen molar-refractivity contribution in [2.24, 2.45) is 0 Å². The number of nitrogens with zero attached hydrogens (tertiary/aromatic N) is 1. The Labute approximate surface area is 98.2 Å². The molecule has 0 unspecified atom stereocenters. The molecule has 1 aromatic rings. The van der Waals surface area contributed by atoms with Gasteiger partial charge >= 0.3 is 0 Å². The fourth-order valence-corrected chi connectivity index (χ4v) is 1.22. The number of pyridine rings is 1. The molecule has 0 aliphatic heterocycles. The average Bonchev–Trinajstić information content (AvgIpc) is 2.23. The summed E-state index contributed by atoms with van der Waals surface area (Å²) in [4.78, 5) is 4.31. The highest BCUT2D eigenvalue weighted by atomic mass is 16.5. The van der Waals surface area contributed by atoms with Gasteiger partial charge in [0, 0.05) is 24.3 Å². The Balaban J connectivity index is 2.53. The molecule has 16 heavy (non-hydrogen) atoms. The van der Waals surface area contributed by atoms with Gasteiger partial charge in [-0.3, -0.25) is 4.98 Å². The van der Waals surface area contributed by atoms with E-state index in [1.165, 1.54) is 0 Å². The fraction of sp³-hybridized carbons (Fsp3) is 0.615. The third-order valence-corrected chi connectivity index (χ3v) is 2.06. The molecule has 0 atom stereocenters. The Kier molecular flexibility index (Phi) is 4.74.